The Morgan fingerprint density at radius 2 is 1.77 bits per heavy atom. The minimum atomic E-state index is -0.378. The third kappa shape index (κ3) is 5.97. The number of hydrogen-bond donors (Lipinski definition) is 2. The highest BCUT2D eigenvalue weighted by Gasteiger charge is 2.16. The van der Waals surface area contributed by atoms with Crippen molar-refractivity contribution < 1.29 is 14.3 Å². The zero-order valence-electron chi connectivity index (χ0n) is 14.8. The molecule has 0 spiro atoms. The Morgan fingerprint density at radius 3 is 2.38 bits per heavy atom. The molecule has 2 rings (SSSR count). The smallest absolute Gasteiger partial charge is 0.237 e. The number of aryl methyl sites for hydroxylation is 1. The molecule has 7 heteroatoms. The van der Waals surface area contributed by atoms with Crippen molar-refractivity contribution >= 4 is 46.6 Å². The molecule has 0 saturated heterocycles. The van der Waals surface area contributed by atoms with E-state index in [1.165, 1.54) is 11.8 Å². The Bertz CT molecular complexity index is 781. The molecule has 5 nitrogen and oxygen atoms in total. The van der Waals surface area contributed by atoms with Crippen LogP contribution in [0, 0.1) is 6.92 Å². The van der Waals surface area contributed by atoms with Crippen LogP contribution in [0.15, 0.2) is 42.5 Å². The first-order chi connectivity index (χ1) is 12.4. The molecule has 0 aliphatic rings. The molecule has 0 aromatic heterocycles. The molecular formula is C19H21ClN2O3S. The molecule has 1 atom stereocenters. The first kappa shape index (κ1) is 20.1. The Hall–Kier alpha value is -2.18. The van der Waals surface area contributed by atoms with E-state index in [-0.39, 0.29) is 22.8 Å². The largest absolute Gasteiger partial charge is 0.497 e. The maximum atomic E-state index is 12.2. The number of anilines is 2. The van der Waals surface area contributed by atoms with Crippen molar-refractivity contribution in [2.45, 2.75) is 19.1 Å². The maximum absolute atomic E-state index is 12.2. The minimum absolute atomic E-state index is 0.168. The van der Waals surface area contributed by atoms with Gasteiger partial charge in [-0.15, -0.1) is 11.8 Å². The lowest BCUT2D eigenvalue weighted by Gasteiger charge is -2.13. The number of hydrogen-bond acceptors (Lipinski definition) is 4. The van der Waals surface area contributed by atoms with E-state index >= 15 is 0 Å². The van der Waals surface area contributed by atoms with Crippen molar-refractivity contribution in [1.29, 1.82) is 0 Å². The molecule has 2 amide bonds. The third-order valence-corrected chi connectivity index (χ3v) is 5.20. The fraction of sp³-hybridized carbons (Fsp3) is 0.263. The van der Waals surface area contributed by atoms with E-state index in [1.54, 1.807) is 50.4 Å². The van der Waals surface area contributed by atoms with Crippen LogP contribution in [0.4, 0.5) is 11.4 Å². The second-order valence-corrected chi connectivity index (χ2v) is 7.42. The molecule has 1 unspecified atom stereocenters. The fourth-order valence-corrected chi connectivity index (χ4v) is 2.93. The van der Waals surface area contributed by atoms with Crippen LogP contribution >= 0.6 is 23.4 Å². The Labute approximate surface area is 162 Å². The number of methoxy groups -OCH3 is 1. The number of ether oxygens (including phenoxy) is 1. The van der Waals surface area contributed by atoms with Crippen molar-refractivity contribution in [2.24, 2.45) is 0 Å². The summed E-state index contributed by atoms with van der Waals surface area (Å²) in [4.78, 5) is 24.3. The average Bonchev–Trinajstić information content (AvgIpc) is 2.63. The topological polar surface area (TPSA) is 67.4 Å². The van der Waals surface area contributed by atoms with E-state index in [9.17, 15) is 9.59 Å². The first-order valence-electron chi connectivity index (χ1n) is 8.01. The van der Waals surface area contributed by atoms with E-state index in [2.05, 4.69) is 10.6 Å². The monoisotopic (exact) mass is 392 g/mol. The highest BCUT2D eigenvalue weighted by atomic mass is 35.5. The number of carbonyl (C=O) groups is 2. The molecule has 138 valence electrons. The van der Waals surface area contributed by atoms with Gasteiger partial charge in [0.1, 0.15) is 5.75 Å². The summed E-state index contributed by atoms with van der Waals surface area (Å²) in [7, 11) is 1.58. The molecule has 0 bridgehead atoms. The van der Waals surface area contributed by atoms with Crippen LogP contribution in [0.3, 0.4) is 0 Å². The SMILES string of the molecule is COc1ccc(NC(=O)CSC(C)C(=O)Nc2ccc(C)c(Cl)c2)cc1. The number of halogens is 1. The predicted octanol–water partition coefficient (Wildman–Crippen LogP) is 4.36. The van der Waals surface area contributed by atoms with Crippen molar-refractivity contribution in [2.75, 3.05) is 23.5 Å². The van der Waals surface area contributed by atoms with Gasteiger partial charge in [0.05, 0.1) is 18.1 Å². The first-order valence-corrected chi connectivity index (χ1v) is 9.44. The summed E-state index contributed by atoms with van der Waals surface area (Å²) in [5.41, 5.74) is 2.27. The molecular weight excluding hydrogens is 372 g/mol. The van der Waals surface area contributed by atoms with Crippen molar-refractivity contribution in [3.8, 4) is 5.75 Å². The Morgan fingerprint density at radius 1 is 1.12 bits per heavy atom. The zero-order valence-corrected chi connectivity index (χ0v) is 16.4. The molecule has 2 aromatic rings. The summed E-state index contributed by atoms with van der Waals surface area (Å²) in [5, 5.41) is 5.81. The maximum Gasteiger partial charge on any atom is 0.237 e. The summed E-state index contributed by atoms with van der Waals surface area (Å²) < 4.78 is 5.07. The number of carbonyl (C=O) groups excluding carboxylic acids is 2. The van der Waals surface area contributed by atoms with Crippen molar-refractivity contribution in [3.63, 3.8) is 0 Å². The second-order valence-electron chi connectivity index (χ2n) is 5.68. The molecule has 26 heavy (non-hydrogen) atoms. The van der Waals surface area contributed by atoms with Crippen LogP contribution in [-0.4, -0.2) is 29.9 Å². The molecule has 2 N–H and O–H groups in total. The van der Waals surface area contributed by atoms with Gasteiger partial charge >= 0.3 is 0 Å². The van der Waals surface area contributed by atoms with E-state index in [0.717, 1.165) is 11.3 Å². The summed E-state index contributed by atoms with van der Waals surface area (Å²) >= 11 is 7.32. The standard InChI is InChI=1S/C19H21ClN2O3S/c1-12-4-5-15(10-17(12)20)22-19(24)13(2)26-11-18(23)21-14-6-8-16(25-3)9-7-14/h4-10,13H,11H2,1-3H3,(H,21,23)(H,22,24). The van der Waals surface area contributed by atoms with E-state index in [4.69, 9.17) is 16.3 Å². The van der Waals surface area contributed by atoms with Crippen LogP contribution in [0.1, 0.15) is 12.5 Å². The lowest BCUT2D eigenvalue weighted by molar-refractivity contribution is -0.115. The van der Waals surface area contributed by atoms with Crippen LogP contribution in [0.2, 0.25) is 5.02 Å². The lowest BCUT2D eigenvalue weighted by Crippen LogP contribution is -2.25. The van der Waals surface area contributed by atoms with Crippen molar-refractivity contribution in [1.82, 2.24) is 0 Å². The molecule has 2 aromatic carbocycles. The number of rotatable bonds is 7. The van der Waals surface area contributed by atoms with Crippen LogP contribution < -0.4 is 15.4 Å². The Balaban J connectivity index is 1.80. The highest BCUT2D eigenvalue weighted by Crippen LogP contribution is 2.21. The summed E-state index contributed by atoms with van der Waals surface area (Å²) in [6, 6.07) is 12.4. The molecule has 0 fully saturated rings. The summed E-state index contributed by atoms with van der Waals surface area (Å²) in [6.07, 6.45) is 0. The van der Waals surface area contributed by atoms with Gasteiger partial charge in [0.15, 0.2) is 0 Å². The molecule has 0 saturated carbocycles. The van der Waals surface area contributed by atoms with Crippen molar-refractivity contribution in [3.05, 3.63) is 53.1 Å². The lowest BCUT2D eigenvalue weighted by atomic mass is 10.2. The van der Waals surface area contributed by atoms with E-state index in [0.29, 0.717) is 16.4 Å². The van der Waals surface area contributed by atoms with Crippen LogP contribution in [-0.2, 0) is 9.59 Å². The summed E-state index contributed by atoms with van der Waals surface area (Å²) in [5.74, 6) is 0.555. The van der Waals surface area contributed by atoms with Gasteiger partial charge in [-0.2, -0.15) is 0 Å². The second kappa shape index (κ2) is 9.50. The summed E-state index contributed by atoms with van der Waals surface area (Å²) in [6.45, 7) is 3.66. The Kier molecular flexibility index (Phi) is 7.36. The number of nitrogens with one attached hydrogen (secondary N) is 2. The van der Waals surface area contributed by atoms with Crippen LogP contribution in [0.25, 0.3) is 0 Å². The molecule has 0 aliphatic heterocycles. The zero-order chi connectivity index (χ0) is 19.1. The van der Waals surface area contributed by atoms with Gasteiger partial charge in [-0.05, 0) is 55.8 Å². The molecule has 0 radical (unpaired) electrons. The van der Waals surface area contributed by atoms with E-state index in [1.807, 2.05) is 13.0 Å². The van der Waals surface area contributed by atoms with Gasteiger partial charge < -0.3 is 15.4 Å². The van der Waals surface area contributed by atoms with Gasteiger partial charge in [-0.3, -0.25) is 9.59 Å². The van der Waals surface area contributed by atoms with E-state index < -0.39 is 0 Å². The highest BCUT2D eigenvalue weighted by molar-refractivity contribution is 8.01. The van der Waals surface area contributed by atoms with Gasteiger partial charge in [-0.1, -0.05) is 17.7 Å². The van der Waals surface area contributed by atoms with Gasteiger partial charge in [-0.25, -0.2) is 0 Å². The van der Waals surface area contributed by atoms with Gasteiger partial charge in [0.25, 0.3) is 0 Å². The van der Waals surface area contributed by atoms with Gasteiger partial charge in [0.2, 0.25) is 11.8 Å². The number of benzene rings is 2. The average molecular weight is 393 g/mol. The van der Waals surface area contributed by atoms with Crippen LogP contribution in [0.5, 0.6) is 5.75 Å². The van der Waals surface area contributed by atoms with Gasteiger partial charge in [0, 0.05) is 16.4 Å². The fourth-order valence-electron chi connectivity index (χ4n) is 2.06. The molecule has 0 aliphatic carbocycles. The number of amides is 2. The number of thioether (sulfide) groups is 1. The quantitative estimate of drug-likeness (QED) is 0.734. The minimum Gasteiger partial charge on any atom is -0.497 e. The normalized spacial score (nSPS) is 11.5. The molecule has 0 heterocycles. The predicted molar refractivity (Wildman–Crippen MR) is 108 cm³/mol. The third-order valence-electron chi connectivity index (χ3n) is 3.65.